The van der Waals surface area contributed by atoms with Gasteiger partial charge in [0.1, 0.15) is 0 Å². The molecule has 0 aromatic carbocycles. The molecule has 1 fully saturated rings. The van der Waals surface area contributed by atoms with Crippen LogP contribution in [0.15, 0.2) is 0 Å². The molecule has 21 heavy (non-hydrogen) atoms. The van der Waals surface area contributed by atoms with Crippen molar-refractivity contribution in [3.63, 3.8) is 0 Å². The highest BCUT2D eigenvalue weighted by Gasteiger charge is 2.28. The molecule has 0 aliphatic carbocycles. The molecular weight excluding hydrogens is 320 g/mol. The lowest BCUT2D eigenvalue weighted by molar-refractivity contribution is -0.913. The summed E-state index contributed by atoms with van der Waals surface area (Å²) in [5.41, 5.74) is 0. The largest absolute Gasteiger partial charge is 0.324 e. The van der Waals surface area contributed by atoms with Gasteiger partial charge in [0, 0.05) is 19.5 Å². The molecule has 1 aliphatic heterocycles. The first kappa shape index (κ1) is 18.8. The van der Waals surface area contributed by atoms with Crippen LogP contribution in [-0.4, -0.2) is 93.1 Å². The first-order valence-corrected chi connectivity index (χ1v) is 10.2. The van der Waals surface area contributed by atoms with Crippen LogP contribution in [0, 0.1) is 0 Å². The zero-order valence-electron chi connectivity index (χ0n) is 12.3. The first-order valence-electron chi connectivity index (χ1n) is 6.95. The van der Waals surface area contributed by atoms with Crippen molar-refractivity contribution in [2.45, 2.75) is 12.8 Å². The Kier molecular flexibility index (Phi) is 6.56. The van der Waals surface area contributed by atoms with Crippen molar-refractivity contribution < 1.29 is 30.4 Å². The number of hydrogen-bond acceptors (Lipinski definition) is 5. The van der Waals surface area contributed by atoms with Crippen LogP contribution in [0.25, 0.3) is 0 Å². The topological polar surface area (TPSA) is 112 Å². The van der Waals surface area contributed by atoms with Crippen molar-refractivity contribution in [2.75, 3.05) is 57.8 Å². The Hall–Kier alpha value is -0.260. The number of rotatable bonds is 8. The fraction of sp³-hybridized carbons (Fsp3) is 1.00. The van der Waals surface area contributed by atoms with E-state index in [4.69, 9.17) is 9.11 Å². The summed E-state index contributed by atoms with van der Waals surface area (Å²) in [7, 11) is -5.72. The maximum atomic E-state index is 10.7. The summed E-state index contributed by atoms with van der Waals surface area (Å²) < 4.78 is 60.8. The molecule has 0 unspecified atom stereocenters. The zero-order valence-corrected chi connectivity index (χ0v) is 13.9. The summed E-state index contributed by atoms with van der Waals surface area (Å²) in [6, 6.07) is 0. The second kappa shape index (κ2) is 7.34. The predicted molar refractivity (Wildman–Crippen MR) is 79.3 cm³/mol. The number of hydrogen-bond donors (Lipinski definition) is 2. The number of nitrogens with zero attached hydrogens (tertiary/aromatic N) is 2. The smallest absolute Gasteiger partial charge is 0.265 e. The number of likely N-dealkylation sites (N-methyl/N-ethyl adjacent to an activating group) is 1. The van der Waals surface area contributed by atoms with Crippen LogP contribution < -0.4 is 0 Å². The molecule has 1 rings (SSSR count). The monoisotopic (exact) mass is 345 g/mol. The Balaban J connectivity index is 2.27. The highest BCUT2D eigenvalue weighted by atomic mass is 32.2. The van der Waals surface area contributed by atoms with Crippen LogP contribution in [0.3, 0.4) is 0 Å². The molecule has 10 heteroatoms. The van der Waals surface area contributed by atoms with Gasteiger partial charge in [0.2, 0.25) is 0 Å². The number of piperazine rings is 1. The highest BCUT2D eigenvalue weighted by Crippen LogP contribution is 2.12. The molecule has 0 aromatic rings. The fourth-order valence-electron chi connectivity index (χ4n) is 2.54. The summed E-state index contributed by atoms with van der Waals surface area (Å²) in [6.45, 7) is 4.67. The van der Waals surface area contributed by atoms with Gasteiger partial charge in [-0.2, -0.15) is 16.8 Å². The third kappa shape index (κ3) is 8.69. The highest BCUT2D eigenvalue weighted by molar-refractivity contribution is 7.86. The summed E-state index contributed by atoms with van der Waals surface area (Å²) >= 11 is 0. The third-order valence-electron chi connectivity index (χ3n) is 3.89. The molecule has 0 saturated carbocycles. The van der Waals surface area contributed by atoms with Gasteiger partial charge in [-0.25, -0.2) is 0 Å². The summed E-state index contributed by atoms with van der Waals surface area (Å²) in [5.74, 6) is -0.428. The SMILES string of the molecule is C[N+]1(CCCS(=O)(=O)O)CCN(CCCS(=O)(=O)O)CC1. The van der Waals surface area contributed by atoms with Crippen molar-refractivity contribution in [3.8, 4) is 0 Å². The van der Waals surface area contributed by atoms with E-state index in [1.54, 1.807) is 0 Å². The van der Waals surface area contributed by atoms with E-state index in [0.717, 1.165) is 30.7 Å². The summed E-state index contributed by atoms with van der Waals surface area (Å²) in [6.07, 6.45) is 0.837. The van der Waals surface area contributed by atoms with E-state index in [9.17, 15) is 16.8 Å². The van der Waals surface area contributed by atoms with E-state index in [0.29, 0.717) is 25.9 Å². The Labute approximate surface area is 126 Å². The van der Waals surface area contributed by atoms with Crippen LogP contribution in [0.2, 0.25) is 0 Å². The minimum atomic E-state index is -3.89. The van der Waals surface area contributed by atoms with Gasteiger partial charge in [-0.15, -0.1) is 0 Å². The molecule has 126 valence electrons. The third-order valence-corrected chi connectivity index (χ3v) is 5.50. The zero-order chi connectivity index (χ0) is 16.1. The van der Waals surface area contributed by atoms with E-state index in [1.807, 2.05) is 0 Å². The first-order chi connectivity index (χ1) is 9.49. The lowest BCUT2D eigenvalue weighted by Crippen LogP contribution is -2.57. The van der Waals surface area contributed by atoms with Crippen molar-refractivity contribution >= 4 is 20.2 Å². The van der Waals surface area contributed by atoms with Gasteiger partial charge < -0.3 is 4.48 Å². The molecule has 1 saturated heterocycles. The second-order valence-corrected chi connectivity index (χ2v) is 9.06. The molecule has 0 bridgehead atoms. The maximum Gasteiger partial charge on any atom is 0.265 e. The second-order valence-electron chi connectivity index (χ2n) is 5.91. The molecule has 0 amide bonds. The summed E-state index contributed by atoms with van der Waals surface area (Å²) in [5, 5.41) is 0. The summed E-state index contributed by atoms with van der Waals surface area (Å²) in [4.78, 5) is 2.15. The van der Waals surface area contributed by atoms with Crippen LogP contribution in [0.1, 0.15) is 12.8 Å². The fourth-order valence-corrected chi connectivity index (χ4v) is 3.52. The lowest BCUT2D eigenvalue weighted by Gasteiger charge is -2.42. The quantitative estimate of drug-likeness (QED) is 0.442. The van der Waals surface area contributed by atoms with E-state index in [-0.39, 0.29) is 11.5 Å². The lowest BCUT2D eigenvalue weighted by atomic mass is 10.2. The van der Waals surface area contributed by atoms with Gasteiger partial charge in [0.15, 0.2) is 0 Å². The van der Waals surface area contributed by atoms with E-state index < -0.39 is 20.2 Å². The normalized spacial score (nSPS) is 20.5. The van der Waals surface area contributed by atoms with Crippen LogP contribution in [0.5, 0.6) is 0 Å². The average Bonchev–Trinajstić information content (AvgIpc) is 2.28. The maximum absolute atomic E-state index is 10.7. The van der Waals surface area contributed by atoms with Gasteiger partial charge >= 0.3 is 0 Å². The Morgan fingerprint density at radius 1 is 0.952 bits per heavy atom. The van der Waals surface area contributed by atoms with Crippen LogP contribution >= 0.6 is 0 Å². The Morgan fingerprint density at radius 2 is 1.43 bits per heavy atom. The molecular formula is C11H25N2O6S2+. The van der Waals surface area contributed by atoms with Gasteiger partial charge in [-0.1, -0.05) is 0 Å². The van der Waals surface area contributed by atoms with Crippen molar-refractivity contribution in [1.82, 2.24) is 4.90 Å². The Bertz CT molecular complexity index is 523. The molecule has 1 aliphatic rings. The molecule has 1 heterocycles. The van der Waals surface area contributed by atoms with Crippen molar-refractivity contribution in [3.05, 3.63) is 0 Å². The van der Waals surface area contributed by atoms with Gasteiger partial charge in [0.25, 0.3) is 20.2 Å². The molecule has 2 N–H and O–H groups in total. The van der Waals surface area contributed by atoms with E-state index in [1.165, 1.54) is 0 Å². The average molecular weight is 345 g/mol. The minimum Gasteiger partial charge on any atom is -0.324 e. The molecule has 0 aromatic heterocycles. The predicted octanol–water partition coefficient (Wildman–Crippen LogP) is -0.696. The molecule has 0 radical (unpaired) electrons. The Morgan fingerprint density at radius 3 is 1.90 bits per heavy atom. The van der Waals surface area contributed by atoms with E-state index >= 15 is 0 Å². The van der Waals surface area contributed by atoms with Gasteiger partial charge in [-0.05, 0) is 13.0 Å². The molecule has 0 atom stereocenters. The van der Waals surface area contributed by atoms with Crippen molar-refractivity contribution in [1.29, 1.82) is 0 Å². The standard InChI is InChI=1S/C11H24N2O6S2/c1-13(7-3-11-21(17,18)19)8-5-12(6-9-13)4-2-10-20(14,15)16/h2-11H2,1H3,(H-,14,15,16,17,18,19)/p+1. The van der Waals surface area contributed by atoms with E-state index in [2.05, 4.69) is 11.9 Å². The van der Waals surface area contributed by atoms with Gasteiger partial charge in [0.05, 0.1) is 38.2 Å². The molecule has 0 spiro atoms. The van der Waals surface area contributed by atoms with Gasteiger partial charge in [-0.3, -0.25) is 14.0 Å². The minimum absolute atomic E-state index is 0.209. The molecule has 8 nitrogen and oxygen atoms in total. The van der Waals surface area contributed by atoms with Crippen LogP contribution in [-0.2, 0) is 20.2 Å². The number of quaternary nitrogens is 1. The van der Waals surface area contributed by atoms with Crippen LogP contribution in [0.4, 0.5) is 0 Å². The van der Waals surface area contributed by atoms with Crippen molar-refractivity contribution in [2.24, 2.45) is 0 Å².